The molecule has 1 fully saturated rings. The van der Waals surface area contributed by atoms with Gasteiger partial charge in [-0.25, -0.2) is 0 Å². The lowest BCUT2D eigenvalue weighted by Gasteiger charge is -2.21. The topological polar surface area (TPSA) is 45.1 Å². The van der Waals surface area contributed by atoms with Gasteiger partial charge < -0.3 is 10.4 Å². The van der Waals surface area contributed by atoms with Gasteiger partial charge in [-0.05, 0) is 38.3 Å². The standard InChI is InChI=1S/C12H18N2O/c1-9(10-5-2-3-8-13-10)14-11-6-4-7-12(11)15/h2-3,5,8-9,11-12,14-15H,4,6-7H2,1H3. The minimum atomic E-state index is -0.184. The average Bonchev–Trinajstić information content (AvgIpc) is 2.66. The lowest BCUT2D eigenvalue weighted by atomic mass is 10.1. The Morgan fingerprint density at radius 2 is 2.33 bits per heavy atom. The largest absolute Gasteiger partial charge is 0.392 e. The number of aromatic nitrogens is 1. The van der Waals surface area contributed by atoms with Gasteiger partial charge in [0.05, 0.1) is 11.8 Å². The second kappa shape index (κ2) is 4.73. The summed E-state index contributed by atoms with van der Waals surface area (Å²) < 4.78 is 0. The number of hydrogen-bond acceptors (Lipinski definition) is 3. The molecule has 82 valence electrons. The molecule has 3 atom stereocenters. The van der Waals surface area contributed by atoms with Crippen LogP contribution in [0.5, 0.6) is 0 Å². The third kappa shape index (κ3) is 2.55. The van der Waals surface area contributed by atoms with Crippen molar-refractivity contribution in [2.24, 2.45) is 0 Å². The molecule has 0 spiro atoms. The average molecular weight is 206 g/mol. The van der Waals surface area contributed by atoms with Gasteiger partial charge >= 0.3 is 0 Å². The van der Waals surface area contributed by atoms with E-state index < -0.39 is 0 Å². The SMILES string of the molecule is CC(NC1CCCC1O)c1ccccn1. The summed E-state index contributed by atoms with van der Waals surface area (Å²) in [5.41, 5.74) is 1.04. The van der Waals surface area contributed by atoms with Crippen molar-refractivity contribution in [1.82, 2.24) is 10.3 Å². The Labute approximate surface area is 90.5 Å². The number of nitrogens with one attached hydrogen (secondary N) is 1. The Kier molecular flexibility index (Phi) is 3.34. The lowest BCUT2D eigenvalue weighted by molar-refractivity contribution is 0.143. The molecule has 0 radical (unpaired) electrons. The van der Waals surface area contributed by atoms with Crippen LogP contribution >= 0.6 is 0 Å². The van der Waals surface area contributed by atoms with Crippen molar-refractivity contribution in [3.8, 4) is 0 Å². The first kappa shape index (κ1) is 10.6. The molecule has 1 aliphatic carbocycles. The zero-order valence-corrected chi connectivity index (χ0v) is 9.06. The van der Waals surface area contributed by atoms with Crippen LogP contribution in [0.1, 0.15) is 37.9 Å². The molecule has 0 bridgehead atoms. The smallest absolute Gasteiger partial charge is 0.0693 e. The van der Waals surface area contributed by atoms with E-state index in [1.54, 1.807) is 6.20 Å². The van der Waals surface area contributed by atoms with Crippen LogP contribution in [-0.2, 0) is 0 Å². The van der Waals surface area contributed by atoms with E-state index in [-0.39, 0.29) is 18.2 Å². The van der Waals surface area contributed by atoms with Crippen LogP contribution in [0.4, 0.5) is 0 Å². The fourth-order valence-electron chi connectivity index (χ4n) is 2.17. The first-order chi connectivity index (χ1) is 7.27. The Morgan fingerprint density at radius 3 is 2.93 bits per heavy atom. The summed E-state index contributed by atoms with van der Waals surface area (Å²) in [5.74, 6) is 0. The summed E-state index contributed by atoms with van der Waals surface area (Å²) in [6.45, 7) is 2.09. The molecule has 1 aromatic heterocycles. The van der Waals surface area contributed by atoms with Gasteiger partial charge in [0.25, 0.3) is 0 Å². The van der Waals surface area contributed by atoms with Crippen molar-refractivity contribution in [3.05, 3.63) is 30.1 Å². The monoisotopic (exact) mass is 206 g/mol. The minimum Gasteiger partial charge on any atom is -0.392 e. The third-order valence-electron chi connectivity index (χ3n) is 3.07. The fourth-order valence-corrected chi connectivity index (χ4v) is 2.17. The van der Waals surface area contributed by atoms with E-state index in [1.165, 1.54) is 0 Å². The molecule has 0 aliphatic heterocycles. The van der Waals surface area contributed by atoms with E-state index in [2.05, 4.69) is 17.2 Å². The Bertz CT molecular complexity index is 302. The predicted octanol–water partition coefficient (Wildman–Crippen LogP) is 1.65. The molecule has 2 N–H and O–H groups in total. The fraction of sp³-hybridized carbons (Fsp3) is 0.583. The molecular weight excluding hydrogens is 188 g/mol. The highest BCUT2D eigenvalue weighted by molar-refractivity contribution is 5.08. The first-order valence-electron chi connectivity index (χ1n) is 5.62. The van der Waals surface area contributed by atoms with Crippen LogP contribution in [0.25, 0.3) is 0 Å². The molecule has 0 aromatic carbocycles. The summed E-state index contributed by atoms with van der Waals surface area (Å²) in [5, 5.41) is 13.1. The zero-order chi connectivity index (χ0) is 10.7. The summed E-state index contributed by atoms with van der Waals surface area (Å²) in [4.78, 5) is 4.30. The normalized spacial score (nSPS) is 27.9. The van der Waals surface area contributed by atoms with E-state index in [9.17, 15) is 5.11 Å². The quantitative estimate of drug-likeness (QED) is 0.790. The van der Waals surface area contributed by atoms with Gasteiger partial charge in [-0.15, -0.1) is 0 Å². The number of nitrogens with zero attached hydrogens (tertiary/aromatic N) is 1. The molecule has 0 amide bonds. The van der Waals surface area contributed by atoms with Gasteiger partial charge in [0.1, 0.15) is 0 Å². The van der Waals surface area contributed by atoms with Gasteiger partial charge in [0, 0.05) is 18.3 Å². The first-order valence-corrected chi connectivity index (χ1v) is 5.62. The maximum absolute atomic E-state index is 9.70. The van der Waals surface area contributed by atoms with Crippen LogP contribution in [-0.4, -0.2) is 22.2 Å². The Balaban J connectivity index is 1.95. The number of pyridine rings is 1. The highest BCUT2D eigenvalue weighted by Gasteiger charge is 2.26. The summed E-state index contributed by atoms with van der Waals surface area (Å²) in [6, 6.07) is 6.37. The van der Waals surface area contributed by atoms with Gasteiger partial charge in [0.2, 0.25) is 0 Å². The summed E-state index contributed by atoms with van der Waals surface area (Å²) in [6.07, 6.45) is 4.73. The van der Waals surface area contributed by atoms with Gasteiger partial charge in [-0.3, -0.25) is 4.98 Å². The van der Waals surface area contributed by atoms with E-state index in [4.69, 9.17) is 0 Å². The van der Waals surface area contributed by atoms with Gasteiger partial charge in [0.15, 0.2) is 0 Å². The maximum atomic E-state index is 9.70. The molecule has 1 heterocycles. The molecule has 1 aromatic rings. The van der Waals surface area contributed by atoms with Gasteiger partial charge in [-0.1, -0.05) is 6.07 Å². The molecule has 3 heteroatoms. The zero-order valence-electron chi connectivity index (χ0n) is 9.06. The summed E-state index contributed by atoms with van der Waals surface area (Å²) >= 11 is 0. The molecule has 15 heavy (non-hydrogen) atoms. The highest BCUT2D eigenvalue weighted by Crippen LogP contribution is 2.21. The van der Waals surface area contributed by atoms with Crippen LogP contribution in [0, 0.1) is 0 Å². The molecule has 2 rings (SSSR count). The lowest BCUT2D eigenvalue weighted by Crippen LogP contribution is -2.37. The van der Waals surface area contributed by atoms with Crippen molar-refractivity contribution in [3.63, 3.8) is 0 Å². The third-order valence-corrected chi connectivity index (χ3v) is 3.07. The number of rotatable bonds is 3. The molecule has 0 saturated heterocycles. The van der Waals surface area contributed by atoms with Gasteiger partial charge in [-0.2, -0.15) is 0 Å². The number of hydrogen-bond donors (Lipinski definition) is 2. The maximum Gasteiger partial charge on any atom is 0.0693 e. The van der Waals surface area contributed by atoms with Crippen LogP contribution in [0.2, 0.25) is 0 Å². The Hall–Kier alpha value is -0.930. The number of aliphatic hydroxyl groups excluding tert-OH is 1. The molecule has 3 unspecified atom stereocenters. The Morgan fingerprint density at radius 1 is 1.47 bits per heavy atom. The van der Waals surface area contributed by atoms with Crippen LogP contribution in [0.15, 0.2) is 24.4 Å². The molecular formula is C12H18N2O. The minimum absolute atomic E-state index is 0.184. The molecule has 3 nitrogen and oxygen atoms in total. The predicted molar refractivity (Wildman–Crippen MR) is 59.4 cm³/mol. The van der Waals surface area contributed by atoms with Crippen LogP contribution < -0.4 is 5.32 Å². The van der Waals surface area contributed by atoms with Crippen molar-refractivity contribution in [2.75, 3.05) is 0 Å². The number of aliphatic hydroxyl groups is 1. The second-order valence-electron chi connectivity index (χ2n) is 4.25. The molecule has 1 aliphatic rings. The second-order valence-corrected chi connectivity index (χ2v) is 4.25. The van der Waals surface area contributed by atoms with Crippen LogP contribution in [0.3, 0.4) is 0 Å². The van der Waals surface area contributed by atoms with Crippen molar-refractivity contribution >= 4 is 0 Å². The van der Waals surface area contributed by atoms with Crippen molar-refractivity contribution < 1.29 is 5.11 Å². The summed E-state index contributed by atoms with van der Waals surface area (Å²) in [7, 11) is 0. The molecule has 1 saturated carbocycles. The van der Waals surface area contributed by atoms with E-state index in [1.807, 2.05) is 18.2 Å². The van der Waals surface area contributed by atoms with E-state index in [0.717, 1.165) is 25.0 Å². The van der Waals surface area contributed by atoms with Crippen molar-refractivity contribution in [1.29, 1.82) is 0 Å². The highest BCUT2D eigenvalue weighted by atomic mass is 16.3. The van der Waals surface area contributed by atoms with E-state index >= 15 is 0 Å². The van der Waals surface area contributed by atoms with E-state index in [0.29, 0.717) is 0 Å². The van der Waals surface area contributed by atoms with Crippen molar-refractivity contribution in [2.45, 2.75) is 44.4 Å².